The fourth-order valence-electron chi connectivity index (χ4n) is 5.09. The van der Waals surface area contributed by atoms with E-state index in [2.05, 4.69) is 15.5 Å². The molecule has 0 aliphatic heterocycles. The predicted molar refractivity (Wildman–Crippen MR) is 146 cm³/mol. The number of nitrogens with one attached hydrogen (secondary N) is 1. The van der Waals surface area contributed by atoms with E-state index in [1.54, 1.807) is 12.1 Å². The van der Waals surface area contributed by atoms with Crippen molar-refractivity contribution in [3.63, 3.8) is 0 Å². The maximum absolute atomic E-state index is 13.8. The monoisotopic (exact) mass is 563 g/mol. The average Bonchev–Trinajstić information content (AvgIpc) is 2.94. The van der Waals surface area contributed by atoms with E-state index in [4.69, 9.17) is 4.74 Å². The molecule has 0 aromatic heterocycles. The molecule has 0 spiro atoms. The van der Waals surface area contributed by atoms with E-state index in [1.807, 2.05) is 0 Å². The number of methoxy groups -OCH3 is 1. The zero-order chi connectivity index (χ0) is 28.6. The molecule has 0 radical (unpaired) electrons. The van der Waals surface area contributed by atoms with Gasteiger partial charge in [0.05, 0.1) is 40.2 Å². The predicted octanol–water partition coefficient (Wildman–Crippen LogP) is 2.28. The third-order valence-corrected chi connectivity index (χ3v) is 7.89. The van der Waals surface area contributed by atoms with Gasteiger partial charge in [-0.2, -0.15) is 13.5 Å². The van der Waals surface area contributed by atoms with Crippen LogP contribution < -0.4 is 31.7 Å². The van der Waals surface area contributed by atoms with Crippen molar-refractivity contribution in [2.75, 3.05) is 12.5 Å². The topological polar surface area (TPSA) is 172 Å². The zero-order valence-electron chi connectivity index (χ0n) is 21.4. The molecule has 0 amide bonds. The van der Waals surface area contributed by atoms with Crippen molar-refractivity contribution < 1.29 is 27.6 Å². The molecule has 2 aromatic rings. The molecule has 1 fully saturated rings. The highest BCUT2D eigenvalue weighted by molar-refractivity contribution is 7.85. The summed E-state index contributed by atoms with van der Waals surface area (Å²) in [6, 6.07) is 10.9. The molecule has 3 N–H and O–H groups in total. The van der Waals surface area contributed by atoms with Crippen LogP contribution in [0, 0.1) is 10.4 Å². The summed E-state index contributed by atoms with van der Waals surface area (Å²) in [7, 11) is -3.63. The molecule has 3 aliphatic carbocycles. The Labute approximate surface area is 227 Å². The van der Waals surface area contributed by atoms with E-state index >= 15 is 0 Å². The van der Waals surface area contributed by atoms with Crippen LogP contribution in [0.3, 0.4) is 0 Å². The number of carboxylic acid groups (broad SMARTS) is 1. The molecule has 11 nitrogen and oxygen atoms in total. The molecule has 0 saturated heterocycles. The second-order valence-electron chi connectivity index (χ2n) is 9.54. The van der Waals surface area contributed by atoms with Crippen LogP contribution in [0.5, 0.6) is 5.75 Å². The Morgan fingerprint density at radius 3 is 2.23 bits per heavy atom. The number of hydrogen-bond donors (Lipinski definition) is 3. The molecular formula is C28H25N3O8S. The molecular weight excluding hydrogens is 538 g/mol. The number of rotatable bonds is 6. The maximum Gasteiger partial charge on any atom is 0.335 e. The van der Waals surface area contributed by atoms with Crippen LogP contribution in [0.15, 0.2) is 73.1 Å². The third kappa shape index (κ3) is 4.98. The van der Waals surface area contributed by atoms with Crippen LogP contribution in [-0.2, 0) is 10.1 Å². The second-order valence-corrected chi connectivity index (χ2v) is 10.9. The first kappa shape index (κ1) is 27.2. The molecule has 12 heteroatoms. The SMILES string of the molecule is COc1ccc(C(=O)O)cc1N/N=c1/c(S(=O)(=O)O)cc(=NC2CCCCC2)c2c(=O)c3ccccc3c(=O)c1=2. The first-order valence-electron chi connectivity index (χ1n) is 12.6. The largest absolute Gasteiger partial charge is 0.495 e. The van der Waals surface area contributed by atoms with Crippen LogP contribution in [-0.4, -0.2) is 37.2 Å². The normalized spacial score (nSPS) is 15.6. The molecule has 0 bridgehead atoms. The number of ether oxygens (including phenoxy) is 1. The first-order chi connectivity index (χ1) is 19.1. The van der Waals surface area contributed by atoms with Gasteiger partial charge in [-0.15, -0.1) is 0 Å². The van der Waals surface area contributed by atoms with Gasteiger partial charge < -0.3 is 9.84 Å². The van der Waals surface area contributed by atoms with Crippen molar-refractivity contribution in [2.24, 2.45) is 10.1 Å². The third-order valence-electron chi connectivity index (χ3n) is 7.02. The van der Waals surface area contributed by atoms with E-state index in [0.29, 0.717) is 0 Å². The highest BCUT2D eigenvalue weighted by Crippen LogP contribution is 2.25. The van der Waals surface area contributed by atoms with E-state index < -0.39 is 37.2 Å². The highest BCUT2D eigenvalue weighted by atomic mass is 32.2. The summed E-state index contributed by atoms with van der Waals surface area (Å²) in [5.74, 6) is -1.06. The Morgan fingerprint density at radius 1 is 0.975 bits per heavy atom. The summed E-state index contributed by atoms with van der Waals surface area (Å²) in [5.41, 5.74) is 1.31. The standard InChI is InChI=1S/C28H25N3O8S/c1-39-21-12-11-15(28(34)35)13-19(21)30-31-25-22(40(36,37)38)14-20(29-16-7-3-2-4-8-16)23-24(25)27(33)18-10-6-5-9-17(18)26(23)32/h5-6,9-14,16,30H,2-4,7-8H2,1H3,(H,34,35)(H,36,37,38)/b29-20?,31-25-. The Hall–Kier alpha value is -4.42. The van der Waals surface area contributed by atoms with E-state index in [9.17, 15) is 32.5 Å². The second kappa shape index (κ2) is 10.6. The van der Waals surface area contributed by atoms with Crippen molar-refractivity contribution in [2.45, 2.75) is 43.0 Å². The van der Waals surface area contributed by atoms with Gasteiger partial charge in [0.15, 0.2) is 10.9 Å². The Morgan fingerprint density at radius 2 is 1.62 bits per heavy atom. The summed E-state index contributed by atoms with van der Waals surface area (Å²) in [6.45, 7) is 0. The van der Waals surface area contributed by atoms with Crippen molar-refractivity contribution >= 4 is 32.5 Å². The highest BCUT2D eigenvalue weighted by Gasteiger charge is 2.21. The smallest absolute Gasteiger partial charge is 0.335 e. The van der Waals surface area contributed by atoms with E-state index in [1.165, 1.54) is 37.4 Å². The van der Waals surface area contributed by atoms with Crippen LogP contribution >= 0.6 is 0 Å². The number of carboxylic acids is 1. The molecule has 2 aromatic carbocycles. The first-order valence-corrected chi connectivity index (χ1v) is 14.0. The molecule has 1 saturated carbocycles. The van der Waals surface area contributed by atoms with Crippen molar-refractivity contribution in [3.8, 4) is 5.75 Å². The van der Waals surface area contributed by atoms with Crippen molar-refractivity contribution in [1.82, 2.24) is 0 Å². The van der Waals surface area contributed by atoms with Gasteiger partial charge in [-0.05, 0) is 37.1 Å². The molecule has 206 valence electrons. The minimum absolute atomic E-state index is 0.00761. The number of hydrogen-bond acceptors (Lipinski definition) is 9. The van der Waals surface area contributed by atoms with Gasteiger partial charge in [-0.3, -0.25) is 24.6 Å². The Bertz CT molecular complexity index is 2060. The Balaban J connectivity index is 1.95. The van der Waals surface area contributed by atoms with Crippen LogP contribution in [0.2, 0.25) is 0 Å². The van der Waals surface area contributed by atoms with Gasteiger partial charge in [0.2, 0.25) is 0 Å². The summed E-state index contributed by atoms with van der Waals surface area (Å²) >= 11 is 0. The van der Waals surface area contributed by atoms with Gasteiger partial charge in [0, 0.05) is 10.8 Å². The van der Waals surface area contributed by atoms with Crippen molar-refractivity contribution in [3.05, 3.63) is 95.7 Å². The van der Waals surface area contributed by atoms with E-state index in [0.717, 1.165) is 38.2 Å². The van der Waals surface area contributed by atoms with Crippen molar-refractivity contribution in [1.29, 1.82) is 0 Å². The average molecular weight is 564 g/mol. The minimum atomic E-state index is -4.97. The molecule has 0 heterocycles. The van der Waals surface area contributed by atoms with Crippen LogP contribution in [0.1, 0.15) is 42.5 Å². The maximum atomic E-state index is 13.8. The zero-order valence-corrected chi connectivity index (χ0v) is 22.2. The van der Waals surface area contributed by atoms with Gasteiger partial charge in [0.1, 0.15) is 16.0 Å². The van der Waals surface area contributed by atoms with Gasteiger partial charge in [0.25, 0.3) is 10.1 Å². The van der Waals surface area contributed by atoms with Gasteiger partial charge in [-0.25, -0.2) is 4.79 Å². The molecule has 40 heavy (non-hydrogen) atoms. The molecule has 3 aliphatic rings. The molecule has 5 rings (SSSR count). The number of benzene rings is 2. The fourth-order valence-corrected chi connectivity index (χ4v) is 5.75. The minimum Gasteiger partial charge on any atom is -0.495 e. The number of anilines is 1. The molecule has 0 atom stereocenters. The lowest BCUT2D eigenvalue weighted by Gasteiger charge is -2.17. The molecule has 0 unspecified atom stereocenters. The summed E-state index contributed by atoms with van der Waals surface area (Å²) < 4.78 is 40.7. The summed E-state index contributed by atoms with van der Waals surface area (Å²) in [6.07, 6.45) is 4.36. The number of carbonyl (C=O) groups is 1. The lowest BCUT2D eigenvalue weighted by Crippen LogP contribution is -2.34. The lowest BCUT2D eigenvalue weighted by atomic mass is 9.96. The van der Waals surface area contributed by atoms with Crippen LogP contribution in [0.4, 0.5) is 5.69 Å². The summed E-state index contributed by atoms with van der Waals surface area (Å²) in [5, 5.41) is 12.8. The number of aromatic carboxylic acids is 1. The van der Waals surface area contributed by atoms with Gasteiger partial charge in [-0.1, -0.05) is 43.5 Å². The lowest BCUT2D eigenvalue weighted by molar-refractivity contribution is 0.0697. The van der Waals surface area contributed by atoms with Gasteiger partial charge >= 0.3 is 5.97 Å². The summed E-state index contributed by atoms with van der Waals surface area (Å²) in [4.78, 5) is 43.0. The number of nitrogens with zero attached hydrogens (tertiary/aromatic N) is 2. The quantitative estimate of drug-likeness (QED) is 0.235. The van der Waals surface area contributed by atoms with Crippen LogP contribution in [0.25, 0.3) is 10.8 Å². The number of fused-ring (bicyclic) bond motifs is 1. The van der Waals surface area contributed by atoms with E-state index in [-0.39, 0.29) is 49.6 Å². The fraction of sp³-hybridized carbons (Fsp3) is 0.250. The Kier molecular flexibility index (Phi) is 7.21.